The highest BCUT2D eigenvalue weighted by molar-refractivity contribution is 7.14. The number of nitrogens with zero attached hydrogens (tertiary/aromatic N) is 2. The summed E-state index contributed by atoms with van der Waals surface area (Å²) in [4.78, 5) is 16.9. The number of hydrogen-bond donors (Lipinski definition) is 1. The molecule has 0 aliphatic carbocycles. The number of ether oxygens (including phenoxy) is 1. The number of thiazole rings is 1. The molecule has 2 aromatic heterocycles. The Balaban J connectivity index is 2.60. The van der Waals surface area contributed by atoms with E-state index in [1.165, 1.54) is 18.4 Å². The lowest BCUT2D eigenvalue weighted by Crippen LogP contribution is -2.07. The van der Waals surface area contributed by atoms with Gasteiger partial charge < -0.3 is 14.6 Å². The molecule has 2 rings (SSSR count). The molecule has 0 unspecified atom stereocenters. The molecule has 0 atom stereocenters. The van der Waals surface area contributed by atoms with Crippen molar-refractivity contribution in [3.8, 4) is 11.3 Å². The molecule has 0 saturated carbocycles. The highest BCUT2D eigenvalue weighted by Gasteiger charge is 2.27. The summed E-state index contributed by atoms with van der Waals surface area (Å²) in [7, 11) is 1.41. The number of aromatic nitrogens is 2. The molecular weight excluding hydrogens is 310 g/mol. The molecule has 0 saturated heterocycles. The normalized spacial score (nSPS) is 10.9. The molecule has 0 amide bonds. The Kier molecular flexibility index (Phi) is 5.26. The van der Waals surface area contributed by atoms with Crippen molar-refractivity contribution < 1.29 is 9.53 Å². The molecule has 6 heteroatoms. The number of carbonyl (C=O) groups excluding carboxylic acids is 1. The average molecular weight is 333 g/mol. The van der Waals surface area contributed by atoms with Crippen molar-refractivity contribution in [2.75, 3.05) is 19.0 Å². The lowest BCUT2D eigenvalue weighted by atomic mass is 10.1. The third kappa shape index (κ3) is 3.17. The lowest BCUT2D eigenvalue weighted by molar-refractivity contribution is 0.0600. The standard InChI is InChI=1S/C17H23N3O2S/c1-7-8-18-17-19-13(9-23-17)14-11(4)20(10(2)3)12(5)15(14)16(21)22-6/h7,9-10H,1,8H2,2-6H3,(H,18,19). The van der Waals surface area contributed by atoms with E-state index in [9.17, 15) is 4.79 Å². The van der Waals surface area contributed by atoms with Gasteiger partial charge in [0.1, 0.15) is 0 Å². The van der Waals surface area contributed by atoms with Crippen LogP contribution in [0.1, 0.15) is 41.6 Å². The Labute approximate surface area is 141 Å². The fourth-order valence-corrected chi connectivity index (χ4v) is 3.63. The number of methoxy groups -OCH3 is 1. The van der Waals surface area contributed by atoms with Crippen molar-refractivity contribution in [2.24, 2.45) is 0 Å². The second-order valence-electron chi connectivity index (χ2n) is 5.58. The predicted molar refractivity (Wildman–Crippen MR) is 95.4 cm³/mol. The van der Waals surface area contributed by atoms with Gasteiger partial charge in [0.15, 0.2) is 5.13 Å². The van der Waals surface area contributed by atoms with Crippen LogP contribution < -0.4 is 5.32 Å². The topological polar surface area (TPSA) is 56.1 Å². The van der Waals surface area contributed by atoms with Gasteiger partial charge in [-0.1, -0.05) is 6.08 Å². The number of hydrogen-bond acceptors (Lipinski definition) is 5. The summed E-state index contributed by atoms with van der Waals surface area (Å²) in [5.74, 6) is -0.325. The second kappa shape index (κ2) is 7.00. The largest absolute Gasteiger partial charge is 0.465 e. The Morgan fingerprint density at radius 1 is 1.48 bits per heavy atom. The summed E-state index contributed by atoms with van der Waals surface area (Å²) in [6.07, 6.45) is 1.78. The van der Waals surface area contributed by atoms with Crippen molar-refractivity contribution >= 4 is 22.4 Å². The van der Waals surface area contributed by atoms with Crippen LogP contribution in [-0.2, 0) is 4.74 Å². The molecule has 5 nitrogen and oxygen atoms in total. The van der Waals surface area contributed by atoms with Crippen LogP contribution in [-0.4, -0.2) is 29.2 Å². The summed E-state index contributed by atoms with van der Waals surface area (Å²) in [6, 6.07) is 0.254. The van der Waals surface area contributed by atoms with Gasteiger partial charge in [-0.25, -0.2) is 9.78 Å². The fraction of sp³-hybridized carbons (Fsp3) is 0.412. The zero-order valence-corrected chi connectivity index (χ0v) is 15.1. The Bertz CT molecular complexity index is 729. The van der Waals surface area contributed by atoms with E-state index in [2.05, 4.69) is 35.3 Å². The summed E-state index contributed by atoms with van der Waals surface area (Å²) in [5, 5.41) is 5.95. The van der Waals surface area contributed by atoms with Crippen LogP contribution >= 0.6 is 11.3 Å². The predicted octanol–water partition coefficient (Wildman–Crippen LogP) is 4.19. The van der Waals surface area contributed by atoms with E-state index < -0.39 is 0 Å². The molecule has 0 bridgehead atoms. The van der Waals surface area contributed by atoms with Gasteiger partial charge in [-0.3, -0.25) is 0 Å². The van der Waals surface area contributed by atoms with E-state index in [1.54, 1.807) is 6.08 Å². The van der Waals surface area contributed by atoms with Crippen molar-refractivity contribution in [1.82, 2.24) is 9.55 Å². The van der Waals surface area contributed by atoms with E-state index in [1.807, 2.05) is 19.2 Å². The first kappa shape index (κ1) is 17.3. The quantitative estimate of drug-likeness (QED) is 0.636. The van der Waals surface area contributed by atoms with Crippen molar-refractivity contribution in [2.45, 2.75) is 33.7 Å². The molecule has 1 N–H and O–H groups in total. The summed E-state index contributed by atoms with van der Waals surface area (Å²) in [5.41, 5.74) is 4.18. The van der Waals surface area contributed by atoms with Crippen molar-refractivity contribution in [1.29, 1.82) is 0 Å². The summed E-state index contributed by atoms with van der Waals surface area (Å²) < 4.78 is 7.14. The van der Waals surface area contributed by atoms with Crippen molar-refractivity contribution in [3.05, 3.63) is 35.0 Å². The van der Waals surface area contributed by atoms with Crippen LogP contribution in [0.2, 0.25) is 0 Å². The third-order valence-electron chi connectivity index (χ3n) is 3.76. The zero-order valence-electron chi connectivity index (χ0n) is 14.3. The molecular formula is C17H23N3O2S. The van der Waals surface area contributed by atoms with Crippen molar-refractivity contribution in [3.63, 3.8) is 0 Å². The third-order valence-corrected chi connectivity index (χ3v) is 4.56. The number of nitrogens with one attached hydrogen (secondary N) is 1. The highest BCUT2D eigenvalue weighted by atomic mass is 32.1. The van der Waals surface area contributed by atoms with Crippen LogP contribution in [0, 0.1) is 13.8 Å². The first-order chi connectivity index (χ1) is 10.9. The number of anilines is 1. The van der Waals surface area contributed by atoms with Crippen LogP contribution in [0.25, 0.3) is 11.3 Å². The smallest absolute Gasteiger partial charge is 0.340 e. The maximum absolute atomic E-state index is 12.3. The minimum absolute atomic E-state index is 0.254. The maximum atomic E-state index is 12.3. The SMILES string of the molecule is C=CCNc1nc(-c2c(C(=O)OC)c(C)n(C(C)C)c2C)cs1. The second-order valence-corrected chi connectivity index (χ2v) is 6.44. The first-order valence-electron chi connectivity index (χ1n) is 7.52. The van der Waals surface area contributed by atoms with Crippen LogP contribution in [0.5, 0.6) is 0 Å². The van der Waals surface area contributed by atoms with Gasteiger partial charge in [0.2, 0.25) is 0 Å². The summed E-state index contributed by atoms with van der Waals surface area (Å²) >= 11 is 1.51. The fourth-order valence-electron chi connectivity index (χ4n) is 2.92. The zero-order chi connectivity index (χ0) is 17.1. The van der Waals surface area contributed by atoms with Crippen LogP contribution in [0.3, 0.4) is 0 Å². The number of rotatable bonds is 6. The van der Waals surface area contributed by atoms with Crippen LogP contribution in [0.15, 0.2) is 18.0 Å². The van der Waals surface area contributed by atoms with Gasteiger partial charge in [-0.15, -0.1) is 17.9 Å². The van der Waals surface area contributed by atoms with Crippen LogP contribution in [0.4, 0.5) is 5.13 Å². The van der Waals surface area contributed by atoms with Gasteiger partial charge in [-0.05, 0) is 27.7 Å². The van der Waals surface area contributed by atoms with E-state index >= 15 is 0 Å². The van der Waals surface area contributed by atoms with E-state index in [0.29, 0.717) is 12.1 Å². The molecule has 0 radical (unpaired) electrons. The molecule has 23 heavy (non-hydrogen) atoms. The molecule has 2 aromatic rings. The summed E-state index contributed by atoms with van der Waals surface area (Å²) in [6.45, 7) is 12.5. The molecule has 0 spiro atoms. The first-order valence-corrected chi connectivity index (χ1v) is 8.40. The van der Waals surface area contributed by atoms with Gasteiger partial charge in [-0.2, -0.15) is 0 Å². The highest BCUT2D eigenvalue weighted by Crippen LogP contribution is 2.36. The molecule has 0 aliphatic heterocycles. The Morgan fingerprint density at radius 3 is 2.74 bits per heavy atom. The molecule has 2 heterocycles. The van der Waals surface area contributed by atoms with Gasteiger partial charge in [0.05, 0.1) is 18.4 Å². The molecule has 124 valence electrons. The van der Waals surface area contributed by atoms with Gasteiger partial charge in [0.25, 0.3) is 0 Å². The van der Waals surface area contributed by atoms with E-state index in [-0.39, 0.29) is 12.0 Å². The Morgan fingerprint density at radius 2 is 2.17 bits per heavy atom. The van der Waals surface area contributed by atoms with Gasteiger partial charge in [0, 0.05) is 34.9 Å². The van der Waals surface area contributed by atoms with E-state index in [0.717, 1.165) is 27.8 Å². The molecule has 0 aromatic carbocycles. The van der Waals surface area contributed by atoms with Gasteiger partial charge >= 0.3 is 5.97 Å². The average Bonchev–Trinajstić information content (AvgIpc) is 3.06. The number of esters is 1. The Hall–Kier alpha value is -2.08. The lowest BCUT2D eigenvalue weighted by Gasteiger charge is -2.13. The maximum Gasteiger partial charge on any atom is 0.340 e. The minimum Gasteiger partial charge on any atom is -0.465 e. The minimum atomic E-state index is -0.325. The van der Waals surface area contributed by atoms with E-state index in [4.69, 9.17) is 4.74 Å². The molecule has 0 fully saturated rings. The monoisotopic (exact) mass is 333 g/mol. The number of carbonyl (C=O) groups is 1. The molecule has 0 aliphatic rings.